The topological polar surface area (TPSA) is 59.1 Å². The molecule has 3 N–H and O–H groups in total. The molecule has 1 aromatic rings. The van der Waals surface area contributed by atoms with E-state index in [-0.39, 0.29) is 11.9 Å². The molecule has 0 fully saturated rings. The summed E-state index contributed by atoms with van der Waals surface area (Å²) in [7, 11) is 0. The minimum Gasteiger partial charge on any atom is -0.490 e. The van der Waals surface area contributed by atoms with Crippen LogP contribution in [0, 0.1) is 12.3 Å². The van der Waals surface area contributed by atoms with Gasteiger partial charge in [-0.3, -0.25) is 5.41 Å². The van der Waals surface area contributed by atoms with E-state index in [1.54, 1.807) is 0 Å². The Morgan fingerprint density at radius 2 is 2.05 bits per heavy atom. The first-order chi connectivity index (χ1) is 9.04. The summed E-state index contributed by atoms with van der Waals surface area (Å²) in [6.45, 7) is 6.33. The summed E-state index contributed by atoms with van der Waals surface area (Å²) in [5.74, 6) is 0.996. The van der Waals surface area contributed by atoms with Crippen molar-refractivity contribution in [3.8, 4) is 5.75 Å². The summed E-state index contributed by atoms with van der Waals surface area (Å²) in [6, 6.07) is 5.66. The zero-order chi connectivity index (χ0) is 14.3. The molecule has 0 aliphatic heterocycles. The van der Waals surface area contributed by atoms with Gasteiger partial charge >= 0.3 is 0 Å². The molecule has 0 aromatic heterocycles. The zero-order valence-corrected chi connectivity index (χ0v) is 12.3. The van der Waals surface area contributed by atoms with E-state index in [0.29, 0.717) is 0 Å². The van der Waals surface area contributed by atoms with E-state index in [2.05, 4.69) is 13.8 Å². The van der Waals surface area contributed by atoms with Crippen molar-refractivity contribution >= 4 is 5.84 Å². The predicted octanol–water partition coefficient (Wildman–Crippen LogP) is 4.02. The minimum atomic E-state index is 0.0993. The van der Waals surface area contributed by atoms with Gasteiger partial charge in [0.1, 0.15) is 11.6 Å². The number of benzene rings is 1. The van der Waals surface area contributed by atoms with Gasteiger partial charge in [-0.2, -0.15) is 0 Å². The van der Waals surface area contributed by atoms with Crippen LogP contribution >= 0.6 is 0 Å². The fourth-order valence-electron chi connectivity index (χ4n) is 2.08. The van der Waals surface area contributed by atoms with E-state index < -0.39 is 0 Å². The average Bonchev–Trinajstić information content (AvgIpc) is 2.37. The lowest BCUT2D eigenvalue weighted by molar-refractivity contribution is 0.205. The van der Waals surface area contributed by atoms with Crippen molar-refractivity contribution in [3.05, 3.63) is 29.3 Å². The third kappa shape index (κ3) is 5.33. The quantitative estimate of drug-likeness (QED) is 0.422. The average molecular weight is 262 g/mol. The number of amidine groups is 1. The molecule has 0 aliphatic rings. The molecule has 1 atom stereocenters. The molecule has 0 aliphatic carbocycles. The third-order valence-corrected chi connectivity index (χ3v) is 3.28. The molecule has 0 heterocycles. The lowest BCUT2D eigenvalue weighted by atomic mass is 10.1. The fourth-order valence-corrected chi connectivity index (χ4v) is 2.08. The van der Waals surface area contributed by atoms with E-state index >= 15 is 0 Å². The Bertz CT molecular complexity index is 415. The maximum atomic E-state index is 7.41. The Balaban J connectivity index is 2.50. The van der Waals surface area contributed by atoms with Crippen LogP contribution < -0.4 is 10.5 Å². The smallest absolute Gasteiger partial charge is 0.122 e. The number of hydrogen-bond donors (Lipinski definition) is 2. The maximum absolute atomic E-state index is 7.41. The second-order valence-corrected chi connectivity index (χ2v) is 5.17. The summed E-state index contributed by atoms with van der Waals surface area (Å²) < 4.78 is 5.95. The van der Waals surface area contributed by atoms with Gasteiger partial charge in [-0.1, -0.05) is 26.2 Å². The van der Waals surface area contributed by atoms with Gasteiger partial charge in [0.05, 0.1) is 6.10 Å². The minimum absolute atomic E-state index is 0.0993. The van der Waals surface area contributed by atoms with Gasteiger partial charge < -0.3 is 10.5 Å². The van der Waals surface area contributed by atoms with Gasteiger partial charge in [0.2, 0.25) is 0 Å². The van der Waals surface area contributed by atoms with Crippen LogP contribution in [0.4, 0.5) is 0 Å². The molecule has 106 valence electrons. The monoisotopic (exact) mass is 262 g/mol. The number of ether oxygens (including phenoxy) is 1. The van der Waals surface area contributed by atoms with Crippen molar-refractivity contribution in [3.63, 3.8) is 0 Å². The molecule has 19 heavy (non-hydrogen) atoms. The van der Waals surface area contributed by atoms with E-state index in [1.807, 2.05) is 25.1 Å². The van der Waals surface area contributed by atoms with E-state index in [9.17, 15) is 0 Å². The number of aryl methyl sites for hydroxylation is 1. The third-order valence-electron chi connectivity index (χ3n) is 3.28. The lowest BCUT2D eigenvalue weighted by Crippen LogP contribution is -2.14. The summed E-state index contributed by atoms with van der Waals surface area (Å²) in [6.07, 6.45) is 6.40. The normalized spacial score (nSPS) is 12.2. The Morgan fingerprint density at radius 1 is 1.32 bits per heavy atom. The molecule has 0 amide bonds. The first-order valence-electron chi connectivity index (χ1n) is 7.16. The lowest BCUT2D eigenvalue weighted by Gasteiger charge is -2.17. The number of unbranched alkanes of at least 4 members (excludes halogenated alkanes) is 3. The fraction of sp³-hybridized carbons (Fsp3) is 0.562. The van der Waals surface area contributed by atoms with Crippen molar-refractivity contribution in [1.29, 1.82) is 5.41 Å². The second kappa shape index (κ2) is 7.82. The highest BCUT2D eigenvalue weighted by Crippen LogP contribution is 2.21. The van der Waals surface area contributed by atoms with E-state index in [0.717, 1.165) is 23.3 Å². The number of hydrogen-bond acceptors (Lipinski definition) is 2. The zero-order valence-electron chi connectivity index (χ0n) is 12.3. The van der Waals surface area contributed by atoms with Crippen LogP contribution in [0.5, 0.6) is 5.75 Å². The largest absolute Gasteiger partial charge is 0.490 e. The van der Waals surface area contributed by atoms with Gasteiger partial charge in [-0.25, -0.2) is 0 Å². The molecular weight excluding hydrogens is 236 g/mol. The molecule has 3 nitrogen and oxygen atoms in total. The number of rotatable bonds is 8. The highest BCUT2D eigenvalue weighted by Gasteiger charge is 2.07. The highest BCUT2D eigenvalue weighted by atomic mass is 16.5. The molecule has 0 radical (unpaired) electrons. The van der Waals surface area contributed by atoms with Crippen LogP contribution in [0.1, 0.15) is 57.1 Å². The van der Waals surface area contributed by atoms with Crippen LogP contribution in [0.25, 0.3) is 0 Å². The molecule has 0 bridgehead atoms. The molecular formula is C16H26N2O. The van der Waals surface area contributed by atoms with E-state index in [1.165, 1.54) is 25.7 Å². The Kier molecular flexibility index (Phi) is 6.40. The summed E-state index contributed by atoms with van der Waals surface area (Å²) >= 11 is 0. The maximum Gasteiger partial charge on any atom is 0.122 e. The number of nitrogens with two attached hydrogens (primary N) is 1. The SMILES string of the molecule is CCCCCCC(C)Oc1ccc(C(=N)N)cc1C. The second-order valence-electron chi connectivity index (χ2n) is 5.17. The Hall–Kier alpha value is -1.51. The van der Waals surface area contributed by atoms with Crippen LogP contribution in [-0.2, 0) is 0 Å². The molecule has 0 spiro atoms. The van der Waals surface area contributed by atoms with Crippen molar-refractivity contribution < 1.29 is 4.74 Å². The van der Waals surface area contributed by atoms with Crippen LogP contribution in [0.15, 0.2) is 18.2 Å². The standard InChI is InChI=1S/C16H26N2O/c1-4-5-6-7-8-13(3)19-15-10-9-14(16(17)18)11-12(15)2/h9-11,13H,4-8H2,1-3H3,(H3,17,18). The van der Waals surface area contributed by atoms with E-state index in [4.69, 9.17) is 15.9 Å². The Labute approximate surface area is 116 Å². The van der Waals surface area contributed by atoms with Gasteiger partial charge in [-0.05, 0) is 50.5 Å². The molecule has 3 heteroatoms. The van der Waals surface area contributed by atoms with Gasteiger partial charge in [0.25, 0.3) is 0 Å². The van der Waals surface area contributed by atoms with Crippen molar-refractivity contribution in [2.45, 2.75) is 59.0 Å². The number of nitrogen functional groups attached to an aromatic ring is 1. The first-order valence-corrected chi connectivity index (χ1v) is 7.16. The van der Waals surface area contributed by atoms with Gasteiger partial charge in [0, 0.05) is 5.56 Å². The predicted molar refractivity (Wildman–Crippen MR) is 81.0 cm³/mol. The van der Waals surface area contributed by atoms with Gasteiger partial charge in [0.15, 0.2) is 0 Å². The number of nitrogens with one attached hydrogen (secondary N) is 1. The van der Waals surface area contributed by atoms with Crippen molar-refractivity contribution in [2.24, 2.45) is 5.73 Å². The molecule has 1 aromatic carbocycles. The summed E-state index contributed by atoms with van der Waals surface area (Å²) in [5.41, 5.74) is 7.26. The van der Waals surface area contributed by atoms with Crippen molar-refractivity contribution in [1.82, 2.24) is 0 Å². The first kappa shape index (κ1) is 15.5. The van der Waals surface area contributed by atoms with Crippen LogP contribution in [0.3, 0.4) is 0 Å². The molecule has 0 saturated carbocycles. The highest BCUT2D eigenvalue weighted by molar-refractivity contribution is 5.95. The summed E-state index contributed by atoms with van der Waals surface area (Å²) in [4.78, 5) is 0. The summed E-state index contributed by atoms with van der Waals surface area (Å²) in [5, 5.41) is 7.41. The Morgan fingerprint density at radius 3 is 2.63 bits per heavy atom. The van der Waals surface area contributed by atoms with Crippen LogP contribution in [0.2, 0.25) is 0 Å². The molecule has 1 rings (SSSR count). The van der Waals surface area contributed by atoms with Crippen LogP contribution in [-0.4, -0.2) is 11.9 Å². The van der Waals surface area contributed by atoms with Gasteiger partial charge in [-0.15, -0.1) is 0 Å². The molecule has 0 saturated heterocycles. The van der Waals surface area contributed by atoms with Crippen molar-refractivity contribution in [2.75, 3.05) is 0 Å². The molecule has 1 unspecified atom stereocenters.